The van der Waals surface area contributed by atoms with E-state index in [0.29, 0.717) is 40.7 Å². The first-order valence-corrected chi connectivity index (χ1v) is 40.5. The van der Waals surface area contributed by atoms with E-state index in [4.69, 9.17) is 64.8 Å². The number of aliphatic hydroxyl groups excluding tert-OH is 9. The Morgan fingerprint density at radius 3 is 1.55 bits per heavy atom. The second-order valence-electron chi connectivity index (χ2n) is 30.3. The van der Waals surface area contributed by atoms with Crippen molar-refractivity contribution in [3.63, 3.8) is 0 Å². The summed E-state index contributed by atoms with van der Waals surface area (Å²) in [7, 11) is 15.3. The Hall–Kier alpha value is -9.91. The zero-order valence-electron chi connectivity index (χ0n) is 75.1. The Morgan fingerprint density at radius 1 is 0.600 bits per heavy atom. The van der Waals surface area contributed by atoms with Gasteiger partial charge in [-0.05, 0) is 187 Å². The number of hydrogen-bond donors (Lipinski definition) is 19. The third kappa shape index (κ3) is 31.6. The smallest absolute Gasteiger partial charge is 0.248 e. The van der Waals surface area contributed by atoms with Crippen molar-refractivity contribution < 1.29 is 142 Å². The summed E-state index contributed by atoms with van der Waals surface area (Å²) in [5, 5.41) is 126. The zero-order chi connectivity index (χ0) is 95.0. The van der Waals surface area contributed by atoms with E-state index in [-0.39, 0.29) is 93.5 Å². The maximum absolute atomic E-state index is 15.6. The molecule has 11 bridgehead atoms. The van der Waals surface area contributed by atoms with Crippen LogP contribution in [0.1, 0.15) is 166 Å². The number of ketones is 1. The summed E-state index contributed by atoms with van der Waals surface area (Å²) in [4.78, 5) is 128. The summed E-state index contributed by atoms with van der Waals surface area (Å²) >= 11 is 0. The number of likely N-dealkylation sites (N-methyl/N-ethyl adjacent to an activating group) is 1. The number of primary amides is 1. The van der Waals surface area contributed by atoms with Crippen molar-refractivity contribution in [2.75, 3.05) is 105 Å². The van der Waals surface area contributed by atoms with Gasteiger partial charge in [0, 0.05) is 111 Å². The van der Waals surface area contributed by atoms with Crippen molar-refractivity contribution in [2.24, 2.45) is 17.6 Å². The summed E-state index contributed by atoms with van der Waals surface area (Å²) in [6.45, 7) is 16.9. The van der Waals surface area contributed by atoms with Gasteiger partial charge < -0.3 is 142 Å². The van der Waals surface area contributed by atoms with E-state index in [1.54, 1.807) is 112 Å². The molecule has 20 N–H and O–H groups in total. The monoisotopic (exact) mass is 1770 g/mol. The van der Waals surface area contributed by atoms with Gasteiger partial charge in [-0.2, -0.15) is 0 Å². The van der Waals surface area contributed by atoms with Crippen LogP contribution in [0.5, 0.6) is 40.2 Å². The average molecular weight is 1770 g/mol. The molecular formula is C88H134N8O29. The highest BCUT2D eigenvalue weighted by atomic mass is 16.7. The van der Waals surface area contributed by atoms with Gasteiger partial charge in [-0.25, -0.2) is 0 Å². The molecule has 3 fully saturated rings. The quantitative estimate of drug-likeness (QED) is 0.0795. The molecule has 16 atom stereocenters. The average Bonchev–Trinajstić information content (AvgIpc) is 0.757. The first-order valence-electron chi connectivity index (χ1n) is 40.5. The lowest BCUT2D eigenvalue weighted by atomic mass is 9.86. The number of carbonyl (C=O) groups excluding carboxylic acids is 9. The molecule has 37 heteroatoms. The Labute approximate surface area is 730 Å². The molecule has 0 saturated carbocycles. The molecule has 3 saturated heterocycles. The summed E-state index contributed by atoms with van der Waals surface area (Å²) in [5.74, 6) is -9.66. The Balaban J connectivity index is 0.00000100. The van der Waals surface area contributed by atoms with Crippen molar-refractivity contribution >= 4 is 53.4 Å². The van der Waals surface area contributed by atoms with Gasteiger partial charge in [-0.15, -0.1) is 0 Å². The van der Waals surface area contributed by atoms with Crippen LogP contribution in [0.2, 0.25) is 0 Å². The van der Waals surface area contributed by atoms with E-state index in [2.05, 4.69) is 41.4 Å². The van der Waals surface area contributed by atoms with Gasteiger partial charge in [-0.1, -0.05) is 52.0 Å². The zero-order valence-corrected chi connectivity index (χ0v) is 75.1. The number of benzene rings is 5. The van der Waals surface area contributed by atoms with Crippen LogP contribution in [0.3, 0.4) is 0 Å². The number of phenolic OH excluding ortho intramolecular Hbond substituents is 3. The molecule has 125 heavy (non-hydrogen) atoms. The third-order valence-electron chi connectivity index (χ3n) is 20.6. The van der Waals surface area contributed by atoms with E-state index < -0.39 is 150 Å². The molecule has 0 spiro atoms. The molecule has 16 unspecified atom stereocenters. The highest BCUT2D eigenvalue weighted by Crippen LogP contribution is 2.47. The SMILES string of the molecule is CC(=O)C1NC(=O)C2NC(=O)C(NC(=O)C3NC(=O)C(CC(N)=O)NC(=O)C(NC(=O)C(CC(C)C)N(C)C)C(O)c4ccc(c(C)c4)Oc4cc3cc(c4C)Oc3ccc(cc3C)C2C)c2ccc(O)c(c2)-c2c1cc(O)c(C)c2O.CO.CO.CO.CO.COC.COC.COC1OC(C=O)C(O)C(O)C1C.OCC1CCCCO1.OCC1CCCCO1. The maximum atomic E-state index is 15.6. The number of aliphatic hydroxyl groups is 9. The van der Waals surface area contributed by atoms with Gasteiger partial charge in [0.2, 0.25) is 41.4 Å². The summed E-state index contributed by atoms with van der Waals surface area (Å²) in [6.07, 6.45) is 1.50. The van der Waals surface area contributed by atoms with Gasteiger partial charge in [0.25, 0.3) is 0 Å². The van der Waals surface area contributed by atoms with Gasteiger partial charge in [0.15, 0.2) is 18.4 Å². The third-order valence-corrected chi connectivity index (χ3v) is 20.6. The fraction of sp³-hybridized carbons (Fsp3) is 0.557. The number of carbonyl (C=O) groups is 9. The Kier molecular flexibility index (Phi) is 50.0. The van der Waals surface area contributed by atoms with Gasteiger partial charge in [0.1, 0.15) is 94.8 Å². The molecule has 5 aromatic carbocycles. The first-order chi connectivity index (χ1) is 59.4. The Morgan fingerprint density at radius 2 is 1.10 bits per heavy atom. The number of ether oxygens (including phenoxy) is 8. The van der Waals surface area contributed by atoms with Gasteiger partial charge in [-0.3, -0.25) is 43.3 Å². The second kappa shape index (κ2) is 56.2. The lowest BCUT2D eigenvalue weighted by Gasteiger charge is -2.38. The fourth-order valence-electron chi connectivity index (χ4n) is 13.8. The van der Waals surface area contributed by atoms with Crippen LogP contribution >= 0.6 is 0 Å². The molecular weight excluding hydrogens is 1630 g/mol. The number of fused-ring (bicyclic) bond motifs is 15. The molecule has 8 heterocycles. The molecule has 0 aliphatic carbocycles. The minimum absolute atomic E-state index is 0.0276. The number of aldehydes is 1. The number of rotatable bonds is 12. The predicted molar refractivity (Wildman–Crippen MR) is 461 cm³/mol. The number of nitrogens with one attached hydrogen (secondary N) is 6. The predicted octanol–water partition coefficient (Wildman–Crippen LogP) is 3.50. The van der Waals surface area contributed by atoms with Crippen LogP contribution in [0, 0.1) is 39.5 Å². The molecule has 8 aliphatic rings. The molecule has 13 rings (SSSR count). The van der Waals surface area contributed by atoms with Crippen LogP contribution in [0.15, 0.2) is 72.8 Å². The van der Waals surface area contributed by atoms with E-state index >= 15 is 9.59 Å². The van der Waals surface area contributed by atoms with Crippen molar-refractivity contribution in [2.45, 2.75) is 205 Å². The normalized spacial score (nSPS) is 23.8. The minimum atomic E-state index is -1.91. The molecule has 5 aromatic rings. The van der Waals surface area contributed by atoms with E-state index in [9.17, 15) is 64.2 Å². The number of aromatic hydroxyl groups is 3. The molecule has 8 aliphatic heterocycles. The molecule has 0 radical (unpaired) electrons. The van der Waals surface area contributed by atoms with Gasteiger partial charge >= 0.3 is 0 Å². The van der Waals surface area contributed by atoms with Crippen LogP contribution in [-0.4, -0.2) is 285 Å². The van der Waals surface area contributed by atoms with E-state index in [1.165, 1.54) is 76.3 Å². The van der Waals surface area contributed by atoms with Gasteiger partial charge in [0.05, 0.1) is 44.0 Å². The van der Waals surface area contributed by atoms with Crippen molar-refractivity contribution in [1.29, 1.82) is 0 Å². The first kappa shape index (κ1) is 111. The standard InChI is InChI=1S/C60H68N8O14.C8H14O5.2C6H12O2.2C2H6O.4CH4O/c1-25(2)17-39(68(9)10)56(76)67-52-54(74)34-13-16-43(27(4)19-34)82-45-22-35-21-44(30(45)7)81-42-15-12-32(18-26(42)3)28(5)48-57(77)64-49(31(8)69)37-23-41(71)29(6)53(73)47(37)36-20-33(11-14-40(36)70)50(58(78)63-48)66-59(79)51(35)65-55(75)38(24-46(61)72)62-60(52)80;1-4-6(10)7(11)5(3-9)13-8(4)12-2;2*7-5-6-3-1-2-4-8-6;2*1-3-2;4*1-2/h11-16,18-23,25,28,38-39,48-52,54,70-71,73-74H,17,24H2,1-10H3,(H2,61,72)(H,62,80)(H,63,78)(H,64,77)(H,65,75)(H,66,79)(H,67,76);3-8,10-11H,1-2H3;2*6-7H,1-5H2;2*1-2H3;4*2H,1H3. The summed E-state index contributed by atoms with van der Waals surface area (Å²) in [6, 6.07) is 6.16. The van der Waals surface area contributed by atoms with E-state index in [1.807, 2.05) is 13.8 Å². The number of phenols is 3. The molecule has 0 aromatic heterocycles. The van der Waals surface area contributed by atoms with Crippen LogP contribution < -0.4 is 47.1 Å². The number of aryl methyl sites for hydroxylation is 2. The van der Waals surface area contributed by atoms with Crippen molar-refractivity contribution in [1.82, 2.24) is 36.8 Å². The number of hydrogen-bond acceptors (Lipinski definition) is 30. The number of nitrogens with two attached hydrogens (primary N) is 1. The largest absolute Gasteiger partial charge is 0.508 e. The fourth-order valence-corrected chi connectivity index (χ4v) is 13.8. The van der Waals surface area contributed by atoms with Crippen molar-refractivity contribution in [3.8, 4) is 51.4 Å². The number of amides is 7. The lowest BCUT2D eigenvalue weighted by molar-refractivity contribution is -0.259. The lowest BCUT2D eigenvalue weighted by Crippen LogP contribution is -2.59. The molecule has 37 nitrogen and oxygen atoms in total. The highest BCUT2D eigenvalue weighted by Gasteiger charge is 2.44. The summed E-state index contributed by atoms with van der Waals surface area (Å²) in [5.41, 5.74) is 7.13. The number of Topliss-reactive ketones (excluding diaryl/α,β-unsaturated/α-hetero) is 1. The van der Waals surface area contributed by atoms with Crippen LogP contribution in [-0.2, 0) is 71.6 Å². The van der Waals surface area contributed by atoms with Crippen LogP contribution in [0.4, 0.5) is 0 Å². The highest BCUT2D eigenvalue weighted by molar-refractivity contribution is 6.01. The van der Waals surface area contributed by atoms with Crippen LogP contribution in [0.25, 0.3) is 11.1 Å². The van der Waals surface area contributed by atoms with E-state index in [0.717, 1.165) is 67.3 Å². The number of nitrogens with zero attached hydrogens (tertiary/aromatic N) is 1. The number of methoxy groups -OCH3 is 3. The summed E-state index contributed by atoms with van der Waals surface area (Å²) < 4.78 is 42.1. The molecule has 700 valence electrons. The molecule has 7 amide bonds. The minimum Gasteiger partial charge on any atom is -0.508 e. The maximum Gasteiger partial charge on any atom is 0.248 e. The topological polar surface area (TPSA) is 572 Å². The Bertz CT molecular complexity index is 4210. The van der Waals surface area contributed by atoms with Crippen molar-refractivity contribution in [3.05, 3.63) is 123 Å². The second-order valence-corrected chi connectivity index (χ2v) is 30.3.